The molecule has 0 spiro atoms. The lowest BCUT2D eigenvalue weighted by Gasteiger charge is -2.08. The third kappa shape index (κ3) is 1.98. The first-order valence-electron chi connectivity index (χ1n) is 4.13. The molecular formula is C10H9NO2. The van der Waals surface area contributed by atoms with Crippen molar-refractivity contribution >= 4 is 0 Å². The highest BCUT2D eigenvalue weighted by Crippen LogP contribution is 2.19. The minimum Gasteiger partial charge on any atom is -0.473 e. The average molecular weight is 175 g/mol. The largest absolute Gasteiger partial charge is 0.473 e. The molecule has 0 radical (unpaired) electrons. The fourth-order valence-corrected chi connectivity index (χ4v) is 1.06. The first kappa shape index (κ1) is 8.09. The van der Waals surface area contributed by atoms with E-state index >= 15 is 0 Å². The minimum atomic E-state index is -0.470. The van der Waals surface area contributed by atoms with Crippen LogP contribution in [0.3, 0.4) is 0 Å². The molecule has 2 atom stereocenters. The smallest absolute Gasteiger partial charge is 0.212 e. The molecule has 1 aliphatic rings. The van der Waals surface area contributed by atoms with Gasteiger partial charge in [-0.3, -0.25) is 0 Å². The Bertz CT molecular complexity index is 313. The molecule has 1 heterocycles. The topological polar surface area (TPSA) is 45.5 Å². The Morgan fingerprint density at radius 2 is 2.15 bits per heavy atom. The van der Waals surface area contributed by atoms with E-state index in [0.717, 1.165) is 0 Å². The van der Waals surface area contributed by atoms with Crippen molar-refractivity contribution in [2.45, 2.75) is 12.2 Å². The van der Waals surface area contributed by atoms with E-state index in [0.29, 0.717) is 12.4 Å². The molecule has 1 fully saturated rings. The van der Waals surface area contributed by atoms with Crippen molar-refractivity contribution in [3.05, 3.63) is 30.3 Å². The quantitative estimate of drug-likeness (QED) is 0.651. The number of para-hydroxylation sites is 1. The van der Waals surface area contributed by atoms with Crippen LogP contribution < -0.4 is 4.74 Å². The number of ether oxygens (including phenoxy) is 2. The summed E-state index contributed by atoms with van der Waals surface area (Å²) in [7, 11) is 0. The summed E-state index contributed by atoms with van der Waals surface area (Å²) < 4.78 is 10.4. The zero-order valence-electron chi connectivity index (χ0n) is 7.01. The average Bonchev–Trinajstić information content (AvgIpc) is 2.99. The molecule has 1 aromatic carbocycles. The molecule has 0 bridgehead atoms. The van der Waals surface area contributed by atoms with Gasteiger partial charge < -0.3 is 9.47 Å². The van der Waals surface area contributed by atoms with E-state index in [9.17, 15) is 0 Å². The maximum absolute atomic E-state index is 8.74. The molecule has 3 nitrogen and oxygen atoms in total. The summed E-state index contributed by atoms with van der Waals surface area (Å²) in [4.78, 5) is 0. The second-order valence-electron chi connectivity index (χ2n) is 2.85. The summed E-state index contributed by atoms with van der Waals surface area (Å²) in [6, 6.07) is 11.4. The number of hydrogen-bond donors (Lipinski definition) is 0. The summed E-state index contributed by atoms with van der Waals surface area (Å²) in [6.45, 7) is 0.630. The van der Waals surface area contributed by atoms with Crippen LogP contribution in [0.5, 0.6) is 5.75 Å². The lowest BCUT2D eigenvalue weighted by molar-refractivity contribution is 0.206. The molecule has 2 rings (SSSR count). The molecule has 13 heavy (non-hydrogen) atoms. The van der Waals surface area contributed by atoms with Crippen molar-refractivity contribution in [1.29, 1.82) is 5.26 Å². The van der Waals surface area contributed by atoms with Crippen molar-refractivity contribution in [2.24, 2.45) is 0 Å². The van der Waals surface area contributed by atoms with Crippen LogP contribution in [-0.4, -0.2) is 18.8 Å². The van der Waals surface area contributed by atoms with E-state index in [4.69, 9.17) is 14.7 Å². The number of hydrogen-bond acceptors (Lipinski definition) is 3. The normalized spacial score (nSPS) is 21.6. The molecule has 0 amide bonds. The molecular weight excluding hydrogens is 166 g/mol. The molecule has 3 heteroatoms. The van der Waals surface area contributed by atoms with Crippen LogP contribution in [0.25, 0.3) is 0 Å². The SMILES string of the molecule is N#CC(Oc1ccccc1)C1CO1. The van der Waals surface area contributed by atoms with Gasteiger partial charge in [0, 0.05) is 0 Å². The van der Waals surface area contributed by atoms with Crippen molar-refractivity contribution < 1.29 is 9.47 Å². The Morgan fingerprint density at radius 3 is 2.69 bits per heavy atom. The van der Waals surface area contributed by atoms with Crippen molar-refractivity contribution in [3.63, 3.8) is 0 Å². The van der Waals surface area contributed by atoms with Crippen molar-refractivity contribution in [1.82, 2.24) is 0 Å². The summed E-state index contributed by atoms with van der Waals surface area (Å²) in [6.07, 6.45) is -0.507. The third-order valence-corrected chi connectivity index (χ3v) is 1.83. The summed E-state index contributed by atoms with van der Waals surface area (Å²) in [5.41, 5.74) is 0. The Labute approximate surface area is 76.5 Å². The first-order valence-corrected chi connectivity index (χ1v) is 4.13. The van der Waals surface area contributed by atoms with Crippen LogP contribution in [0, 0.1) is 11.3 Å². The van der Waals surface area contributed by atoms with Crippen LogP contribution in [-0.2, 0) is 4.74 Å². The lowest BCUT2D eigenvalue weighted by atomic mass is 10.3. The van der Waals surface area contributed by atoms with E-state index in [1.807, 2.05) is 30.3 Å². The molecule has 1 saturated heterocycles. The Morgan fingerprint density at radius 1 is 1.46 bits per heavy atom. The predicted molar refractivity (Wildman–Crippen MR) is 46.2 cm³/mol. The minimum absolute atomic E-state index is 0.0368. The molecule has 1 aromatic rings. The molecule has 0 saturated carbocycles. The Balaban J connectivity index is 2.00. The molecule has 2 unspecified atom stereocenters. The van der Waals surface area contributed by atoms with E-state index in [1.54, 1.807) is 0 Å². The maximum Gasteiger partial charge on any atom is 0.212 e. The van der Waals surface area contributed by atoms with E-state index in [1.165, 1.54) is 0 Å². The van der Waals surface area contributed by atoms with E-state index in [-0.39, 0.29) is 6.10 Å². The maximum atomic E-state index is 8.74. The van der Waals surface area contributed by atoms with Gasteiger partial charge in [0.2, 0.25) is 6.10 Å². The Kier molecular flexibility index (Phi) is 2.15. The van der Waals surface area contributed by atoms with E-state index in [2.05, 4.69) is 6.07 Å². The van der Waals surface area contributed by atoms with Crippen LogP contribution in [0.2, 0.25) is 0 Å². The highest BCUT2D eigenvalue weighted by Gasteiger charge is 2.34. The lowest BCUT2D eigenvalue weighted by Crippen LogP contribution is -2.20. The van der Waals surface area contributed by atoms with Crippen LogP contribution in [0.15, 0.2) is 30.3 Å². The zero-order chi connectivity index (χ0) is 9.10. The first-order chi connectivity index (χ1) is 6.40. The van der Waals surface area contributed by atoms with Crippen molar-refractivity contribution in [3.8, 4) is 11.8 Å². The predicted octanol–water partition coefficient (Wildman–Crippen LogP) is 1.36. The number of nitrogens with zero attached hydrogens (tertiary/aromatic N) is 1. The number of epoxide rings is 1. The zero-order valence-corrected chi connectivity index (χ0v) is 7.01. The van der Waals surface area contributed by atoms with Gasteiger partial charge in [-0.25, -0.2) is 0 Å². The summed E-state index contributed by atoms with van der Waals surface area (Å²) in [5.74, 6) is 0.713. The summed E-state index contributed by atoms with van der Waals surface area (Å²) in [5, 5.41) is 8.74. The van der Waals surface area contributed by atoms with Gasteiger partial charge in [0.25, 0.3) is 0 Å². The van der Waals surface area contributed by atoms with Crippen LogP contribution in [0.4, 0.5) is 0 Å². The highest BCUT2D eigenvalue weighted by atomic mass is 16.6. The van der Waals surface area contributed by atoms with Gasteiger partial charge in [0.1, 0.15) is 17.9 Å². The summed E-state index contributed by atoms with van der Waals surface area (Å²) >= 11 is 0. The van der Waals surface area contributed by atoms with Gasteiger partial charge in [-0.15, -0.1) is 0 Å². The number of nitriles is 1. The number of rotatable bonds is 3. The van der Waals surface area contributed by atoms with Crippen LogP contribution in [0.1, 0.15) is 0 Å². The molecule has 1 aliphatic heterocycles. The van der Waals surface area contributed by atoms with Gasteiger partial charge in [0.05, 0.1) is 6.61 Å². The molecule has 0 aliphatic carbocycles. The van der Waals surface area contributed by atoms with Gasteiger partial charge in [-0.05, 0) is 12.1 Å². The fourth-order valence-electron chi connectivity index (χ4n) is 1.06. The second kappa shape index (κ2) is 3.46. The van der Waals surface area contributed by atoms with Crippen molar-refractivity contribution in [2.75, 3.05) is 6.61 Å². The fraction of sp³-hybridized carbons (Fsp3) is 0.300. The molecule has 66 valence electrons. The van der Waals surface area contributed by atoms with Gasteiger partial charge >= 0.3 is 0 Å². The van der Waals surface area contributed by atoms with Gasteiger partial charge in [-0.1, -0.05) is 18.2 Å². The monoisotopic (exact) mass is 175 g/mol. The van der Waals surface area contributed by atoms with Gasteiger partial charge in [0.15, 0.2) is 0 Å². The standard InChI is InChI=1S/C10H9NO2/c11-6-9(10-7-12-10)13-8-4-2-1-3-5-8/h1-5,9-10H,7H2. The second-order valence-corrected chi connectivity index (χ2v) is 2.85. The molecule has 0 N–H and O–H groups in total. The third-order valence-electron chi connectivity index (χ3n) is 1.83. The van der Waals surface area contributed by atoms with Gasteiger partial charge in [-0.2, -0.15) is 5.26 Å². The van der Waals surface area contributed by atoms with E-state index < -0.39 is 6.10 Å². The van der Waals surface area contributed by atoms with Crippen LogP contribution >= 0.6 is 0 Å². The highest BCUT2D eigenvalue weighted by molar-refractivity contribution is 5.22. The number of benzene rings is 1. The molecule has 0 aromatic heterocycles. The Hall–Kier alpha value is -1.53.